The number of aliphatic hydroxyl groups is 1. The van der Waals surface area contributed by atoms with Gasteiger partial charge in [0.05, 0.1) is 6.10 Å². The summed E-state index contributed by atoms with van der Waals surface area (Å²) in [6.45, 7) is 9.18. The molecule has 2 nitrogen and oxygen atoms in total. The summed E-state index contributed by atoms with van der Waals surface area (Å²) in [6.07, 6.45) is 4.68. The van der Waals surface area contributed by atoms with E-state index in [0.29, 0.717) is 6.42 Å². The molecule has 0 spiro atoms. The van der Waals surface area contributed by atoms with Crippen molar-refractivity contribution in [1.29, 1.82) is 0 Å². The fourth-order valence-corrected chi connectivity index (χ4v) is 1.23. The Labute approximate surface area is 92.7 Å². The molecule has 1 unspecified atom stereocenters. The number of carbonyl (C=O) groups is 1. The molecule has 0 bridgehead atoms. The molecule has 0 aliphatic rings. The summed E-state index contributed by atoms with van der Waals surface area (Å²) < 4.78 is 0. The molecule has 0 heterocycles. The average Bonchev–Trinajstić information content (AvgIpc) is 2.13. The van der Waals surface area contributed by atoms with Crippen LogP contribution in [0.4, 0.5) is 0 Å². The third-order valence-corrected chi connectivity index (χ3v) is 2.37. The van der Waals surface area contributed by atoms with Crippen molar-refractivity contribution >= 4 is 5.78 Å². The van der Waals surface area contributed by atoms with E-state index in [0.717, 1.165) is 24.8 Å². The van der Waals surface area contributed by atoms with Crippen LogP contribution in [-0.4, -0.2) is 17.0 Å². The summed E-state index contributed by atoms with van der Waals surface area (Å²) in [5.74, 6) is 0.223. The molecule has 86 valence electrons. The summed E-state index contributed by atoms with van der Waals surface area (Å²) >= 11 is 0. The first-order valence-corrected chi connectivity index (χ1v) is 5.42. The fraction of sp³-hybridized carbons (Fsp3) is 0.615. The maximum absolute atomic E-state index is 10.7. The van der Waals surface area contributed by atoms with Crippen LogP contribution in [0.2, 0.25) is 0 Å². The molecule has 0 aromatic carbocycles. The first-order chi connectivity index (χ1) is 6.93. The molecular weight excluding hydrogens is 188 g/mol. The van der Waals surface area contributed by atoms with Crippen LogP contribution in [-0.2, 0) is 4.79 Å². The van der Waals surface area contributed by atoms with Crippen LogP contribution < -0.4 is 0 Å². The van der Waals surface area contributed by atoms with Crippen LogP contribution in [0.1, 0.15) is 46.5 Å². The molecule has 1 N–H and O–H groups in total. The molecule has 2 heteroatoms. The Morgan fingerprint density at radius 1 is 1.33 bits per heavy atom. The summed E-state index contributed by atoms with van der Waals surface area (Å²) in [6, 6.07) is 0. The predicted octanol–water partition coefficient (Wildman–Crippen LogP) is 3.02. The second-order valence-corrected chi connectivity index (χ2v) is 4.19. The quantitative estimate of drug-likeness (QED) is 0.656. The number of rotatable bonds is 7. The number of hydrogen-bond donors (Lipinski definition) is 1. The Hall–Kier alpha value is -0.890. The number of ketones is 1. The van der Waals surface area contributed by atoms with E-state index >= 15 is 0 Å². The largest absolute Gasteiger partial charge is 0.389 e. The summed E-state index contributed by atoms with van der Waals surface area (Å²) in [5, 5.41) is 9.51. The highest BCUT2D eigenvalue weighted by Crippen LogP contribution is 2.12. The zero-order valence-corrected chi connectivity index (χ0v) is 10.0. The van der Waals surface area contributed by atoms with Gasteiger partial charge in [0, 0.05) is 6.42 Å². The van der Waals surface area contributed by atoms with E-state index in [9.17, 15) is 9.90 Å². The van der Waals surface area contributed by atoms with Gasteiger partial charge in [-0.05, 0) is 40.0 Å². The van der Waals surface area contributed by atoms with Crippen LogP contribution in [0.3, 0.4) is 0 Å². The van der Waals surface area contributed by atoms with Gasteiger partial charge in [0.1, 0.15) is 5.78 Å². The van der Waals surface area contributed by atoms with E-state index in [1.807, 2.05) is 13.8 Å². The lowest BCUT2D eigenvalue weighted by Gasteiger charge is -2.09. The highest BCUT2D eigenvalue weighted by molar-refractivity contribution is 5.75. The minimum Gasteiger partial charge on any atom is -0.389 e. The lowest BCUT2D eigenvalue weighted by molar-refractivity contribution is -0.116. The van der Waals surface area contributed by atoms with Crippen molar-refractivity contribution in [3.63, 3.8) is 0 Å². The normalized spacial score (nSPS) is 13.7. The van der Waals surface area contributed by atoms with E-state index in [-0.39, 0.29) is 5.78 Å². The van der Waals surface area contributed by atoms with Crippen molar-refractivity contribution in [2.45, 2.75) is 52.6 Å². The van der Waals surface area contributed by atoms with E-state index in [1.54, 1.807) is 6.92 Å². The Bertz CT molecular complexity index is 251. The lowest BCUT2D eigenvalue weighted by atomic mass is 10.0. The summed E-state index contributed by atoms with van der Waals surface area (Å²) in [5.41, 5.74) is 2.04. The Kier molecular flexibility index (Phi) is 6.97. The van der Waals surface area contributed by atoms with Crippen LogP contribution >= 0.6 is 0 Å². The molecule has 0 saturated heterocycles. The SMILES string of the molecule is C=C(C)C(O)CCC(C)=CCCC(C)=O. The maximum Gasteiger partial charge on any atom is 0.130 e. The van der Waals surface area contributed by atoms with Gasteiger partial charge < -0.3 is 9.90 Å². The Morgan fingerprint density at radius 2 is 1.93 bits per heavy atom. The standard InChI is InChI=1S/C13H22O2/c1-10(2)13(15)9-8-11(3)6-5-7-12(4)14/h6,13,15H,1,5,7-9H2,2-4H3. The van der Waals surface area contributed by atoms with Crippen LogP contribution in [0.25, 0.3) is 0 Å². The third-order valence-electron chi connectivity index (χ3n) is 2.37. The Balaban J connectivity index is 3.77. The molecule has 0 rings (SSSR count). The van der Waals surface area contributed by atoms with Crippen molar-refractivity contribution in [3.05, 3.63) is 23.8 Å². The lowest BCUT2D eigenvalue weighted by Crippen LogP contribution is -2.06. The van der Waals surface area contributed by atoms with Crippen molar-refractivity contribution in [2.24, 2.45) is 0 Å². The molecular formula is C13H22O2. The van der Waals surface area contributed by atoms with Gasteiger partial charge in [0.2, 0.25) is 0 Å². The summed E-state index contributed by atoms with van der Waals surface area (Å²) in [4.78, 5) is 10.7. The van der Waals surface area contributed by atoms with Gasteiger partial charge in [-0.25, -0.2) is 0 Å². The van der Waals surface area contributed by atoms with Gasteiger partial charge in [-0.15, -0.1) is 0 Å². The maximum atomic E-state index is 10.7. The number of allylic oxidation sites excluding steroid dienone is 2. The van der Waals surface area contributed by atoms with Crippen LogP contribution in [0.5, 0.6) is 0 Å². The average molecular weight is 210 g/mol. The number of aliphatic hydroxyl groups excluding tert-OH is 1. The molecule has 0 aromatic rings. The van der Waals surface area contributed by atoms with Gasteiger partial charge in [-0.3, -0.25) is 0 Å². The highest BCUT2D eigenvalue weighted by Gasteiger charge is 2.03. The second-order valence-electron chi connectivity index (χ2n) is 4.19. The molecule has 0 aliphatic heterocycles. The van der Waals surface area contributed by atoms with Gasteiger partial charge in [0.25, 0.3) is 0 Å². The van der Waals surface area contributed by atoms with Gasteiger partial charge >= 0.3 is 0 Å². The molecule has 0 amide bonds. The molecule has 0 fully saturated rings. The zero-order valence-electron chi connectivity index (χ0n) is 10.0. The minimum atomic E-state index is -0.402. The number of carbonyl (C=O) groups excluding carboxylic acids is 1. The molecule has 0 saturated carbocycles. The minimum absolute atomic E-state index is 0.223. The zero-order chi connectivity index (χ0) is 11.8. The smallest absolute Gasteiger partial charge is 0.130 e. The van der Waals surface area contributed by atoms with E-state index in [4.69, 9.17) is 0 Å². The first-order valence-electron chi connectivity index (χ1n) is 5.42. The molecule has 0 aromatic heterocycles. The van der Waals surface area contributed by atoms with E-state index < -0.39 is 6.10 Å². The number of Topliss-reactive ketones (excluding diaryl/α,β-unsaturated/α-hetero) is 1. The molecule has 1 atom stereocenters. The van der Waals surface area contributed by atoms with Crippen molar-refractivity contribution in [2.75, 3.05) is 0 Å². The molecule has 15 heavy (non-hydrogen) atoms. The van der Waals surface area contributed by atoms with Crippen LogP contribution in [0.15, 0.2) is 23.8 Å². The van der Waals surface area contributed by atoms with Crippen LogP contribution in [0, 0.1) is 0 Å². The van der Waals surface area contributed by atoms with Crippen molar-refractivity contribution < 1.29 is 9.90 Å². The molecule has 0 aliphatic carbocycles. The van der Waals surface area contributed by atoms with E-state index in [1.165, 1.54) is 5.57 Å². The van der Waals surface area contributed by atoms with Gasteiger partial charge in [0.15, 0.2) is 0 Å². The monoisotopic (exact) mass is 210 g/mol. The van der Waals surface area contributed by atoms with Crippen molar-refractivity contribution in [3.8, 4) is 0 Å². The summed E-state index contributed by atoms with van der Waals surface area (Å²) in [7, 11) is 0. The number of hydrogen-bond acceptors (Lipinski definition) is 2. The second kappa shape index (κ2) is 7.41. The predicted molar refractivity (Wildman–Crippen MR) is 63.7 cm³/mol. The van der Waals surface area contributed by atoms with Crippen molar-refractivity contribution in [1.82, 2.24) is 0 Å². The third kappa shape index (κ3) is 8.13. The first kappa shape index (κ1) is 14.1. The fourth-order valence-electron chi connectivity index (χ4n) is 1.23. The Morgan fingerprint density at radius 3 is 2.40 bits per heavy atom. The van der Waals surface area contributed by atoms with Gasteiger partial charge in [-0.1, -0.05) is 23.8 Å². The highest BCUT2D eigenvalue weighted by atomic mass is 16.3. The van der Waals surface area contributed by atoms with Gasteiger partial charge in [-0.2, -0.15) is 0 Å². The topological polar surface area (TPSA) is 37.3 Å². The molecule has 0 radical (unpaired) electrons. The van der Waals surface area contributed by atoms with E-state index in [2.05, 4.69) is 12.7 Å².